The summed E-state index contributed by atoms with van der Waals surface area (Å²) < 4.78 is 0. The van der Waals surface area contributed by atoms with Crippen LogP contribution in [-0.2, 0) is 25.6 Å². The molecule has 1 heterocycles. The Balaban J connectivity index is 2.22. The molecule has 14 nitrogen and oxygen atoms in total. The van der Waals surface area contributed by atoms with Crippen molar-refractivity contribution in [2.75, 3.05) is 13.1 Å². The zero-order valence-electron chi connectivity index (χ0n) is 25.1. The molecule has 1 aromatic heterocycles. The van der Waals surface area contributed by atoms with Crippen LogP contribution in [0.4, 0.5) is 0 Å². The van der Waals surface area contributed by atoms with Crippen LogP contribution in [0.15, 0.2) is 35.5 Å². The number of carbonyl (C=O) groups excluding carboxylic acids is 4. The second kappa shape index (κ2) is 17.7. The van der Waals surface area contributed by atoms with E-state index in [1.165, 1.54) is 0 Å². The number of para-hydroxylation sites is 1. The van der Waals surface area contributed by atoms with Crippen LogP contribution in [0, 0.1) is 5.92 Å². The number of fused-ring (bicyclic) bond motifs is 1. The Morgan fingerprint density at radius 1 is 0.860 bits per heavy atom. The molecule has 0 saturated heterocycles. The highest BCUT2D eigenvalue weighted by Crippen LogP contribution is 2.19. The Labute approximate surface area is 252 Å². The molecule has 0 unspecified atom stereocenters. The first kappa shape index (κ1) is 35.0. The first-order chi connectivity index (χ1) is 20.4. The smallest absolute Gasteiger partial charge is 0.243 e. The molecule has 0 aliphatic rings. The largest absolute Gasteiger partial charge is 0.370 e. The van der Waals surface area contributed by atoms with E-state index in [1.54, 1.807) is 6.20 Å². The Hall–Kier alpha value is -4.17. The zero-order valence-corrected chi connectivity index (χ0v) is 25.1. The van der Waals surface area contributed by atoms with Crippen molar-refractivity contribution >= 4 is 40.5 Å². The molecule has 43 heavy (non-hydrogen) atoms. The average molecular weight is 601 g/mol. The Bertz CT molecular complexity index is 1240. The Morgan fingerprint density at radius 3 is 2.07 bits per heavy atom. The van der Waals surface area contributed by atoms with Crippen LogP contribution in [-0.4, -0.2) is 71.8 Å². The third-order valence-electron chi connectivity index (χ3n) is 6.98. The van der Waals surface area contributed by atoms with Crippen LogP contribution < -0.4 is 44.6 Å². The summed E-state index contributed by atoms with van der Waals surface area (Å²) in [7, 11) is 0. The van der Waals surface area contributed by atoms with E-state index in [1.807, 2.05) is 38.1 Å². The van der Waals surface area contributed by atoms with Crippen LogP contribution in [0.3, 0.4) is 0 Å². The van der Waals surface area contributed by atoms with E-state index in [2.05, 4.69) is 25.9 Å². The van der Waals surface area contributed by atoms with Crippen molar-refractivity contribution < 1.29 is 19.2 Å². The van der Waals surface area contributed by atoms with Gasteiger partial charge in [0, 0.05) is 30.1 Å². The van der Waals surface area contributed by atoms with Crippen LogP contribution >= 0.6 is 0 Å². The molecular formula is C29H48N10O4. The lowest BCUT2D eigenvalue weighted by molar-refractivity contribution is -0.133. The highest BCUT2D eigenvalue weighted by Gasteiger charge is 2.30. The Morgan fingerprint density at radius 2 is 1.47 bits per heavy atom. The number of hydrogen-bond acceptors (Lipinski definition) is 7. The molecule has 14 N–H and O–H groups in total. The van der Waals surface area contributed by atoms with Gasteiger partial charge in [-0.05, 0) is 62.6 Å². The van der Waals surface area contributed by atoms with Gasteiger partial charge in [-0.2, -0.15) is 0 Å². The number of nitrogens with one attached hydrogen (secondary N) is 4. The van der Waals surface area contributed by atoms with Gasteiger partial charge in [-0.3, -0.25) is 24.2 Å². The number of benzene rings is 1. The highest BCUT2D eigenvalue weighted by molar-refractivity contribution is 5.95. The van der Waals surface area contributed by atoms with Gasteiger partial charge in [0.1, 0.15) is 18.1 Å². The number of unbranched alkanes of at least 4 members (excludes halogenated alkanes) is 1. The number of hydrogen-bond donors (Lipinski definition) is 9. The van der Waals surface area contributed by atoms with Gasteiger partial charge in [0.25, 0.3) is 0 Å². The summed E-state index contributed by atoms with van der Waals surface area (Å²) in [6, 6.07) is 3.72. The molecule has 1 aromatic carbocycles. The van der Waals surface area contributed by atoms with Crippen molar-refractivity contribution in [3.63, 3.8) is 0 Å². The summed E-state index contributed by atoms with van der Waals surface area (Å²) in [5.74, 6) is -2.26. The Kier molecular flexibility index (Phi) is 14.4. The molecule has 0 spiro atoms. The fourth-order valence-corrected chi connectivity index (χ4v) is 4.72. The molecule has 0 fully saturated rings. The number of amides is 4. The number of H-pyrrole nitrogens is 1. The van der Waals surface area contributed by atoms with Gasteiger partial charge < -0.3 is 49.6 Å². The predicted octanol–water partition coefficient (Wildman–Crippen LogP) is -0.794. The number of carbonyl (C=O) groups is 4. The van der Waals surface area contributed by atoms with E-state index >= 15 is 0 Å². The number of aromatic nitrogens is 1. The van der Waals surface area contributed by atoms with Crippen molar-refractivity contribution in [2.24, 2.45) is 39.6 Å². The van der Waals surface area contributed by atoms with Gasteiger partial charge in [0.05, 0.1) is 6.04 Å². The minimum atomic E-state index is -1.07. The third-order valence-corrected chi connectivity index (χ3v) is 6.98. The average Bonchev–Trinajstić information content (AvgIpc) is 3.35. The molecule has 0 bridgehead atoms. The van der Waals surface area contributed by atoms with Gasteiger partial charge in [-0.25, -0.2) is 0 Å². The van der Waals surface area contributed by atoms with E-state index < -0.39 is 47.8 Å². The molecule has 0 aliphatic heterocycles. The number of nitrogens with two attached hydrogens (primary N) is 5. The number of guanidine groups is 1. The number of primary amides is 1. The zero-order chi connectivity index (χ0) is 31.9. The minimum Gasteiger partial charge on any atom is -0.370 e. The summed E-state index contributed by atoms with van der Waals surface area (Å²) >= 11 is 0. The highest BCUT2D eigenvalue weighted by atomic mass is 16.2. The van der Waals surface area contributed by atoms with Gasteiger partial charge in [0.2, 0.25) is 23.6 Å². The summed E-state index contributed by atoms with van der Waals surface area (Å²) in [5.41, 5.74) is 29.9. The molecule has 2 rings (SSSR count). The lowest BCUT2D eigenvalue weighted by atomic mass is 10.0. The van der Waals surface area contributed by atoms with E-state index in [0.717, 1.165) is 16.5 Å². The molecule has 0 saturated carbocycles. The monoisotopic (exact) mass is 600 g/mol. The molecule has 4 amide bonds. The summed E-state index contributed by atoms with van der Waals surface area (Å²) in [4.78, 5) is 59.2. The lowest BCUT2D eigenvalue weighted by Gasteiger charge is -2.25. The van der Waals surface area contributed by atoms with Crippen LogP contribution in [0.1, 0.15) is 57.9 Å². The normalized spacial score (nSPS) is 14.0. The quantitative estimate of drug-likeness (QED) is 0.0559. The number of aliphatic imine (C=N–C) groups is 1. The van der Waals surface area contributed by atoms with Gasteiger partial charge in [-0.15, -0.1) is 0 Å². The minimum absolute atomic E-state index is 0.0991. The molecule has 238 valence electrons. The second-order valence-corrected chi connectivity index (χ2v) is 11.1. The van der Waals surface area contributed by atoms with Crippen molar-refractivity contribution in [1.82, 2.24) is 20.9 Å². The van der Waals surface area contributed by atoms with Crippen LogP contribution in [0.5, 0.6) is 0 Å². The van der Waals surface area contributed by atoms with Gasteiger partial charge in [0.15, 0.2) is 5.96 Å². The molecule has 0 aliphatic carbocycles. The lowest BCUT2D eigenvalue weighted by Crippen LogP contribution is -2.57. The molecule has 4 atom stereocenters. The maximum absolute atomic E-state index is 13.5. The maximum atomic E-state index is 13.5. The first-order valence-corrected chi connectivity index (χ1v) is 14.7. The number of nitrogens with zero attached hydrogens (tertiary/aromatic N) is 1. The second-order valence-electron chi connectivity index (χ2n) is 11.1. The predicted molar refractivity (Wildman–Crippen MR) is 167 cm³/mol. The maximum Gasteiger partial charge on any atom is 0.243 e. The van der Waals surface area contributed by atoms with Gasteiger partial charge in [-0.1, -0.05) is 32.0 Å². The van der Waals surface area contributed by atoms with E-state index in [4.69, 9.17) is 28.7 Å². The van der Waals surface area contributed by atoms with E-state index in [0.29, 0.717) is 38.6 Å². The van der Waals surface area contributed by atoms with E-state index in [9.17, 15) is 19.2 Å². The van der Waals surface area contributed by atoms with Crippen molar-refractivity contribution in [3.05, 3.63) is 36.0 Å². The first-order valence-electron chi connectivity index (χ1n) is 14.7. The number of rotatable bonds is 19. The van der Waals surface area contributed by atoms with Crippen molar-refractivity contribution in [2.45, 2.75) is 83.0 Å². The topological polar surface area (TPSA) is 263 Å². The van der Waals surface area contributed by atoms with Crippen LogP contribution in [0.2, 0.25) is 0 Å². The molecule has 2 aromatic rings. The fourth-order valence-electron chi connectivity index (χ4n) is 4.72. The van der Waals surface area contributed by atoms with Crippen molar-refractivity contribution in [3.8, 4) is 0 Å². The summed E-state index contributed by atoms with van der Waals surface area (Å²) in [6.07, 6.45) is 4.38. The van der Waals surface area contributed by atoms with Crippen molar-refractivity contribution in [1.29, 1.82) is 0 Å². The fraction of sp³-hybridized carbons (Fsp3) is 0.552. The molecular weight excluding hydrogens is 552 g/mol. The summed E-state index contributed by atoms with van der Waals surface area (Å²) in [6.45, 7) is 4.54. The van der Waals surface area contributed by atoms with Gasteiger partial charge >= 0.3 is 0 Å². The number of aromatic amines is 1. The standard InChI is InChI=1S/C29H48N10O4/c1-17(2)14-20(31)26(41)37-22(10-5-6-12-30)27(42)38-23(11-7-13-35-29(33)34)28(43)39-24(25(32)40)15-18-16-36-21-9-4-3-8-19(18)21/h3-4,8-9,16-17,20,22-24,36H,5-7,10-15,30-31H2,1-2H3,(H2,32,40)(H,37,41)(H,38,42)(H,39,43)(H4,33,34,35)/t20-,22-,23-,24-/m1/s1. The third kappa shape index (κ3) is 11.9. The van der Waals surface area contributed by atoms with E-state index in [-0.39, 0.29) is 31.3 Å². The molecule has 14 heteroatoms. The molecule has 0 radical (unpaired) electrons. The summed E-state index contributed by atoms with van der Waals surface area (Å²) in [5, 5.41) is 9.07. The SMILES string of the molecule is CC(C)C[C@@H](N)C(=O)N[C@H](CCCCN)C(=O)N[C@H](CCCN=C(N)N)C(=O)N[C@H](Cc1c[nH]c2ccccc12)C(N)=O. The van der Waals surface area contributed by atoms with Crippen LogP contribution in [0.25, 0.3) is 10.9 Å².